The van der Waals surface area contributed by atoms with Gasteiger partial charge in [0.2, 0.25) is 5.91 Å². The molecule has 0 aromatic heterocycles. The number of rotatable bonds is 9. The Balaban J connectivity index is 2.02. The van der Waals surface area contributed by atoms with Crippen LogP contribution in [0.5, 0.6) is 0 Å². The fraction of sp³-hybridized carbons (Fsp3) is 0.424. The summed E-state index contributed by atoms with van der Waals surface area (Å²) in [6, 6.07) is 19.2. The van der Waals surface area contributed by atoms with Crippen LogP contribution in [0.1, 0.15) is 72.1 Å². The van der Waals surface area contributed by atoms with E-state index in [9.17, 15) is 14.4 Å². The van der Waals surface area contributed by atoms with Gasteiger partial charge in [-0.15, -0.1) is 0 Å². The van der Waals surface area contributed by atoms with E-state index in [0.717, 1.165) is 16.3 Å². The lowest BCUT2D eigenvalue weighted by Crippen LogP contribution is -2.56. The van der Waals surface area contributed by atoms with Crippen molar-refractivity contribution in [2.75, 3.05) is 5.32 Å². The SMILES string of the molecule is CCC(C)C(NC(=O)OC(C)(C)C)C(=O)N(C(C)C)C(C(=O)Nc1ccc2ccccc2c1)c1ccc(C)cc1. The Morgan fingerprint density at radius 2 is 1.52 bits per heavy atom. The highest BCUT2D eigenvalue weighted by atomic mass is 16.6. The maximum atomic E-state index is 14.3. The molecule has 0 saturated carbocycles. The van der Waals surface area contributed by atoms with Gasteiger partial charge in [-0.25, -0.2) is 4.79 Å². The monoisotopic (exact) mass is 545 g/mol. The number of aryl methyl sites for hydroxylation is 1. The third-order valence-electron chi connectivity index (χ3n) is 6.90. The normalized spacial score (nSPS) is 13.8. The number of ether oxygens (including phenoxy) is 1. The smallest absolute Gasteiger partial charge is 0.408 e. The number of benzene rings is 3. The van der Waals surface area contributed by atoms with E-state index in [1.54, 1.807) is 25.7 Å². The van der Waals surface area contributed by atoms with Gasteiger partial charge in [0.25, 0.3) is 5.91 Å². The second kappa shape index (κ2) is 13.0. The zero-order valence-electron chi connectivity index (χ0n) is 24.9. The van der Waals surface area contributed by atoms with Gasteiger partial charge in [0.15, 0.2) is 0 Å². The molecule has 7 heteroatoms. The first-order valence-electron chi connectivity index (χ1n) is 14.0. The summed E-state index contributed by atoms with van der Waals surface area (Å²) in [6.45, 7) is 14.9. The van der Waals surface area contributed by atoms with Crippen molar-refractivity contribution in [3.05, 3.63) is 77.9 Å². The summed E-state index contributed by atoms with van der Waals surface area (Å²) < 4.78 is 5.47. The van der Waals surface area contributed by atoms with Crippen LogP contribution in [0.3, 0.4) is 0 Å². The third-order valence-corrected chi connectivity index (χ3v) is 6.90. The highest BCUT2D eigenvalue weighted by Gasteiger charge is 2.39. The van der Waals surface area contributed by atoms with Crippen LogP contribution in [0.2, 0.25) is 0 Å². The molecule has 0 saturated heterocycles. The predicted molar refractivity (Wildman–Crippen MR) is 161 cm³/mol. The lowest BCUT2D eigenvalue weighted by atomic mass is 9.94. The quantitative estimate of drug-likeness (QED) is 0.303. The molecule has 0 fully saturated rings. The van der Waals surface area contributed by atoms with Crippen LogP contribution in [-0.4, -0.2) is 40.5 Å². The fourth-order valence-electron chi connectivity index (χ4n) is 4.62. The number of hydrogen-bond donors (Lipinski definition) is 2. The first-order valence-corrected chi connectivity index (χ1v) is 14.0. The van der Waals surface area contributed by atoms with E-state index in [4.69, 9.17) is 4.74 Å². The Hall–Kier alpha value is -3.87. The summed E-state index contributed by atoms with van der Waals surface area (Å²) in [6.07, 6.45) is -0.0151. The van der Waals surface area contributed by atoms with Crippen molar-refractivity contribution in [2.45, 2.75) is 85.5 Å². The van der Waals surface area contributed by atoms with Gasteiger partial charge in [-0.2, -0.15) is 0 Å². The van der Waals surface area contributed by atoms with Gasteiger partial charge < -0.3 is 20.3 Å². The number of fused-ring (bicyclic) bond motifs is 1. The van der Waals surface area contributed by atoms with Crippen LogP contribution in [-0.2, 0) is 14.3 Å². The van der Waals surface area contributed by atoms with Gasteiger partial charge in [0, 0.05) is 11.7 Å². The molecule has 214 valence electrons. The van der Waals surface area contributed by atoms with Gasteiger partial charge in [0.1, 0.15) is 17.7 Å². The Labute approximate surface area is 238 Å². The maximum absolute atomic E-state index is 14.3. The molecule has 3 amide bonds. The minimum atomic E-state index is -0.924. The van der Waals surface area contributed by atoms with E-state index in [1.165, 1.54) is 0 Å². The molecule has 0 radical (unpaired) electrons. The molecule has 3 rings (SSSR count). The van der Waals surface area contributed by atoms with Crippen molar-refractivity contribution in [3.8, 4) is 0 Å². The third kappa shape index (κ3) is 7.84. The fourth-order valence-corrected chi connectivity index (χ4v) is 4.62. The Kier molecular flexibility index (Phi) is 9.96. The van der Waals surface area contributed by atoms with Crippen molar-refractivity contribution in [3.63, 3.8) is 0 Å². The number of alkyl carbamates (subject to hydrolysis) is 1. The predicted octanol–water partition coefficient (Wildman–Crippen LogP) is 7.00. The Morgan fingerprint density at radius 3 is 2.10 bits per heavy atom. The molecular weight excluding hydrogens is 502 g/mol. The van der Waals surface area contributed by atoms with Crippen molar-refractivity contribution < 1.29 is 19.1 Å². The van der Waals surface area contributed by atoms with Crippen LogP contribution in [0.25, 0.3) is 10.8 Å². The molecule has 0 bridgehead atoms. The molecule has 0 aliphatic heterocycles. The van der Waals surface area contributed by atoms with Gasteiger partial charge >= 0.3 is 6.09 Å². The summed E-state index contributed by atoms with van der Waals surface area (Å²) in [7, 11) is 0. The molecule has 0 heterocycles. The number of anilines is 1. The highest BCUT2D eigenvalue weighted by Crippen LogP contribution is 2.29. The van der Waals surface area contributed by atoms with Crippen molar-refractivity contribution in [2.24, 2.45) is 5.92 Å². The van der Waals surface area contributed by atoms with Crippen LogP contribution in [0.15, 0.2) is 66.7 Å². The second-order valence-electron chi connectivity index (χ2n) is 11.7. The summed E-state index contributed by atoms with van der Waals surface area (Å²) in [4.78, 5) is 42.7. The first-order chi connectivity index (χ1) is 18.8. The van der Waals surface area contributed by atoms with Crippen LogP contribution >= 0.6 is 0 Å². The number of carbonyl (C=O) groups is 3. The first kappa shape index (κ1) is 30.7. The molecule has 7 nitrogen and oxygen atoms in total. The van der Waals surface area contributed by atoms with Gasteiger partial charge in [0.05, 0.1) is 0 Å². The topological polar surface area (TPSA) is 87.7 Å². The van der Waals surface area contributed by atoms with Crippen LogP contribution < -0.4 is 10.6 Å². The van der Waals surface area contributed by atoms with Crippen molar-refractivity contribution >= 4 is 34.4 Å². The summed E-state index contributed by atoms with van der Waals surface area (Å²) in [5.74, 6) is -0.862. The van der Waals surface area contributed by atoms with E-state index >= 15 is 0 Å². The van der Waals surface area contributed by atoms with E-state index < -0.39 is 23.8 Å². The molecule has 0 aliphatic carbocycles. The molecule has 3 aromatic rings. The van der Waals surface area contributed by atoms with E-state index in [2.05, 4.69) is 10.6 Å². The average molecular weight is 546 g/mol. The molecule has 3 unspecified atom stereocenters. The van der Waals surface area contributed by atoms with Gasteiger partial charge in [-0.05, 0) is 75.9 Å². The molecular formula is C33H43N3O4. The van der Waals surface area contributed by atoms with Gasteiger partial charge in [-0.1, -0.05) is 80.4 Å². The Bertz CT molecular complexity index is 1330. The maximum Gasteiger partial charge on any atom is 0.408 e. The minimum Gasteiger partial charge on any atom is -0.444 e. The zero-order chi connectivity index (χ0) is 29.6. The number of amides is 3. The lowest BCUT2D eigenvalue weighted by molar-refractivity contribution is -0.144. The van der Waals surface area contributed by atoms with Crippen LogP contribution in [0.4, 0.5) is 10.5 Å². The zero-order valence-corrected chi connectivity index (χ0v) is 24.9. The van der Waals surface area contributed by atoms with E-state index in [-0.39, 0.29) is 23.8 Å². The minimum absolute atomic E-state index is 0.191. The number of hydrogen-bond acceptors (Lipinski definition) is 4. The van der Waals surface area contributed by atoms with E-state index in [1.807, 2.05) is 101 Å². The lowest BCUT2D eigenvalue weighted by Gasteiger charge is -2.38. The molecule has 0 aliphatic rings. The standard InChI is InChI=1S/C33H43N3O4/c1-9-23(5)28(35-32(39)40-33(6,7)8)31(38)36(21(2)3)29(25-16-14-22(4)15-17-25)30(37)34-27-19-18-24-12-10-11-13-26(24)20-27/h10-21,23,28-29H,9H2,1-8H3,(H,34,37)(H,35,39). The number of nitrogens with one attached hydrogen (secondary N) is 2. The molecule has 3 aromatic carbocycles. The van der Waals surface area contributed by atoms with Crippen molar-refractivity contribution in [1.82, 2.24) is 10.2 Å². The van der Waals surface area contributed by atoms with Crippen molar-refractivity contribution in [1.29, 1.82) is 0 Å². The molecule has 2 N–H and O–H groups in total. The average Bonchev–Trinajstić information content (AvgIpc) is 2.88. The summed E-state index contributed by atoms with van der Waals surface area (Å²) in [5.41, 5.74) is 1.66. The summed E-state index contributed by atoms with van der Waals surface area (Å²) in [5, 5.41) is 7.92. The second-order valence-corrected chi connectivity index (χ2v) is 11.7. The molecule has 3 atom stereocenters. The summed E-state index contributed by atoms with van der Waals surface area (Å²) >= 11 is 0. The van der Waals surface area contributed by atoms with Gasteiger partial charge in [-0.3, -0.25) is 9.59 Å². The van der Waals surface area contributed by atoms with Crippen LogP contribution in [0, 0.1) is 12.8 Å². The highest BCUT2D eigenvalue weighted by molar-refractivity contribution is 6.00. The Morgan fingerprint density at radius 1 is 0.900 bits per heavy atom. The molecule has 0 spiro atoms. The van der Waals surface area contributed by atoms with E-state index in [0.29, 0.717) is 17.7 Å². The largest absolute Gasteiger partial charge is 0.444 e. The molecule has 40 heavy (non-hydrogen) atoms. The number of nitrogens with zero attached hydrogens (tertiary/aromatic N) is 1. The number of carbonyl (C=O) groups excluding carboxylic acids is 3.